The van der Waals surface area contributed by atoms with Crippen LogP contribution in [-0.4, -0.2) is 30.1 Å². The van der Waals surface area contributed by atoms with Gasteiger partial charge >= 0.3 is 0 Å². The SMILES string of the molecule is COc1ccc(OC)c(NC(=O)c2cnc(Nc3ccc(C)cc3C)nc2)c1. The van der Waals surface area contributed by atoms with E-state index < -0.39 is 0 Å². The number of aryl methyl sites for hydroxylation is 2. The van der Waals surface area contributed by atoms with E-state index in [1.54, 1.807) is 25.3 Å². The van der Waals surface area contributed by atoms with E-state index in [1.165, 1.54) is 25.1 Å². The third-order valence-corrected chi connectivity index (χ3v) is 4.20. The van der Waals surface area contributed by atoms with Crippen LogP contribution >= 0.6 is 0 Å². The van der Waals surface area contributed by atoms with Crippen LogP contribution in [0, 0.1) is 13.8 Å². The maximum Gasteiger partial charge on any atom is 0.258 e. The fourth-order valence-electron chi connectivity index (χ4n) is 2.69. The number of rotatable bonds is 6. The van der Waals surface area contributed by atoms with Crippen molar-refractivity contribution >= 4 is 23.2 Å². The van der Waals surface area contributed by atoms with Crippen LogP contribution in [0.15, 0.2) is 48.8 Å². The monoisotopic (exact) mass is 378 g/mol. The summed E-state index contributed by atoms with van der Waals surface area (Å²) in [5.74, 6) is 1.22. The molecule has 0 spiro atoms. The molecule has 7 nitrogen and oxygen atoms in total. The summed E-state index contributed by atoms with van der Waals surface area (Å²) in [5.41, 5.74) is 4.03. The highest BCUT2D eigenvalue weighted by molar-refractivity contribution is 6.04. The summed E-state index contributed by atoms with van der Waals surface area (Å²) in [6, 6.07) is 11.2. The van der Waals surface area contributed by atoms with Crippen LogP contribution in [0.3, 0.4) is 0 Å². The van der Waals surface area contributed by atoms with Crippen LogP contribution in [0.1, 0.15) is 21.5 Å². The minimum Gasteiger partial charge on any atom is -0.497 e. The second kappa shape index (κ2) is 8.39. The van der Waals surface area contributed by atoms with Crippen LogP contribution in [0.25, 0.3) is 0 Å². The highest BCUT2D eigenvalue weighted by atomic mass is 16.5. The van der Waals surface area contributed by atoms with Gasteiger partial charge in [-0.3, -0.25) is 4.79 Å². The summed E-state index contributed by atoms with van der Waals surface area (Å²) in [6.45, 7) is 4.05. The first-order chi connectivity index (χ1) is 13.5. The Hall–Kier alpha value is -3.61. The van der Waals surface area contributed by atoms with E-state index in [0.29, 0.717) is 28.7 Å². The predicted octanol–water partition coefficient (Wildman–Crippen LogP) is 4.11. The Balaban J connectivity index is 1.73. The molecule has 0 radical (unpaired) electrons. The highest BCUT2D eigenvalue weighted by Crippen LogP contribution is 2.29. The molecule has 0 aliphatic heterocycles. The van der Waals surface area contributed by atoms with Gasteiger partial charge in [-0.2, -0.15) is 0 Å². The average Bonchev–Trinajstić information content (AvgIpc) is 2.70. The minimum absolute atomic E-state index is 0.330. The topological polar surface area (TPSA) is 85.4 Å². The van der Waals surface area contributed by atoms with Gasteiger partial charge in [-0.1, -0.05) is 17.7 Å². The van der Waals surface area contributed by atoms with Crippen LogP contribution in [0.4, 0.5) is 17.3 Å². The van der Waals surface area contributed by atoms with Crippen LogP contribution in [-0.2, 0) is 0 Å². The van der Waals surface area contributed by atoms with Crippen molar-refractivity contribution in [1.29, 1.82) is 0 Å². The second-order valence-electron chi connectivity index (χ2n) is 6.26. The van der Waals surface area contributed by atoms with E-state index in [9.17, 15) is 4.79 Å². The molecular weight excluding hydrogens is 356 g/mol. The molecule has 2 N–H and O–H groups in total. The molecular formula is C21H22N4O3. The smallest absolute Gasteiger partial charge is 0.258 e. The molecule has 1 heterocycles. The predicted molar refractivity (Wildman–Crippen MR) is 109 cm³/mol. The Morgan fingerprint density at radius 3 is 2.32 bits per heavy atom. The van der Waals surface area contributed by atoms with E-state index in [2.05, 4.69) is 26.7 Å². The van der Waals surface area contributed by atoms with Crippen LogP contribution in [0.2, 0.25) is 0 Å². The molecule has 7 heteroatoms. The number of hydrogen-bond acceptors (Lipinski definition) is 6. The van der Waals surface area contributed by atoms with Gasteiger partial charge in [-0.15, -0.1) is 0 Å². The summed E-state index contributed by atoms with van der Waals surface area (Å²) in [4.78, 5) is 21.0. The maximum atomic E-state index is 12.5. The normalized spacial score (nSPS) is 10.3. The number of carbonyl (C=O) groups is 1. The molecule has 3 aromatic rings. The maximum absolute atomic E-state index is 12.5. The Morgan fingerprint density at radius 2 is 1.68 bits per heavy atom. The lowest BCUT2D eigenvalue weighted by atomic mass is 10.1. The largest absolute Gasteiger partial charge is 0.497 e. The molecule has 0 saturated carbocycles. The summed E-state index contributed by atoms with van der Waals surface area (Å²) in [6.07, 6.45) is 2.95. The van der Waals surface area contributed by atoms with Gasteiger partial charge in [0.1, 0.15) is 11.5 Å². The molecule has 0 atom stereocenters. The molecule has 0 unspecified atom stereocenters. The molecule has 1 aromatic heterocycles. The van der Waals surface area contributed by atoms with Gasteiger partial charge in [0, 0.05) is 24.1 Å². The number of aromatic nitrogens is 2. The second-order valence-corrected chi connectivity index (χ2v) is 6.26. The van der Waals surface area contributed by atoms with Crippen molar-refractivity contribution in [2.75, 3.05) is 24.9 Å². The van der Waals surface area contributed by atoms with E-state index in [-0.39, 0.29) is 5.91 Å². The van der Waals surface area contributed by atoms with Gasteiger partial charge < -0.3 is 20.1 Å². The molecule has 1 amide bonds. The number of anilines is 3. The van der Waals surface area contributed by atoms with E-state index in [1.807, 2.05) is 26.0 Å². The molecule has 0 aliphatic carbocycles. The standard InChI is InChI=1S/C21H22N4O3/c1-13-5-7-17(14(2)9-13)25-21-22-11-15(12-23-21)20(26)24-18-10-16(27-3)6-8-19(18)28-4/h5-12H,1-4H3,(H,24,26)(H,22,23,25). The highest BCUT2D eigenvalue weighted by Gasteiger charge is 2.12. The van der Waals surface area contributed by atoms with Crippen LogP contribution < -0.4 is 20.1 Å². The van der Waals surface area contributed by atoms with Crippen molar-refractivity contribution in [3.63, 3.8) is 0 Å². The first-order valence-electron chi connectivity index (χ1n) is 8.70. The molecule has 2 aromatic carbocycles. The Kier molecular flexibility index (Phi) is 5.74. The van der Waals surface area contributed by atoms with E-state index in [4.69, 9.17) is 9.47 Å². The Bertz CT molecular complexity index is 987. The first kappa shape index (κ1) is 19.2. The number of methoxy groups -OCH3 is 2. The van der Waals surface area contributed by atoms with Gasteiger partial charge in [-0.05, 0) is 37.6 Å². The number of benzene rings is 2. The molecule has 0 saturated heterocycles. The van der Waals surface area contributed by atoms with Crippen LogP contribution in [0.5, 0.6) is 11.5 Å². The Labute approximate surface area is 163 Å². The quantitative estimate of drug-likeness (QED) is 0.671. The fourth-order valence-corrected chi connectivity index (χ4v) is 2.69. The number of nitrogens with one attached hydrogen (secondary N) is 2. The molecule has 144 valence electrons. The summed E-state index contributed by atoms with van der Waals surface area (Å²) >= 11 is 0. The van der Waals surface area contributed by atoms with Gasteiger partial charge in [0.15, 0.2) is 0 Å². The van der Waals surface area contributed by atoms with E-state index in [0.717, 1.165) is 11.3 Å². The third kappa shape index (κ3) is 4.37. The number of nitrogens with zero attached hydrogens (tertiary/aromatic N) is 2. The summed E-state index contributed by atoms with van der Waals surface area (Å²) in [7, 11) is 3.09. The Morgan fingerprint density at radius 1 is 0.929 bits per heavy atom. The lowest BCUT2D eigenvalue weighted by Crippen LogP contribution is -2.14. The van der Waals surface area contributed by atoms with Crippen molar-refractivity contribution in [3.05, 3.63) is 65.5 Å². The van der Waals surface area contributed by atoms with Crippen molar-refractivity contribution in [2.45, 2.75) is 13.8 Å². The van der Waals surface area contributed by atoms with Gasteiger partial charge in [0.25, 0.3) is 5.91 Å². The summed E-state index contributed by atoms with van der Waals surface area (Å²) in [5, 5.41) is 5.95. The zero-order valence-electron chi connectivity index (χ0n) is 16.2. The summed E-state index contributed by atoms with van der Waals surface area (Å²) < 4.78 is 10.5. The third-order valence-electron chi connectivity index (χ3n) is 4.20. The number of hydrogen-bond donors (Lipinski definition) is 2. The first-order valence-corrected chi connectivity index (χ1v) is 8.70. The van der Waals surface area contributed by atoms with Crippen molar-refractivity contribution in [1.82, 2.24) is 9.97 Å². The molecule has 3 rings (SSSR count). The molecule has 28 heavy (non-hydrogen) atoms. The lowest BCUT2D eigenvalue weighted by Gasteiger charge is -2.12. The lowest BCUT2D eigenvalue weighted by molar-refractivity contribution is 0.102. The van der Waals surface area contributed by atoms with Gasteiger partial charge in [0.2, 0.25) is 5.95 Å². The van der Waals surface area contributed by atoms with Crippen molar-refractivity contribution in [2.24, 2.45) is 0 Å². The van der Waals surface area contributed by atoms with Crippen molar-refractivity contribution < 1.29 is 14.3 Å². The molecule has 0 fully saturated rings. The van der Waals surface area contributed by atoms with Gasteiger partial charge in [0.05, 0.1) is 25.5 Å². The number of carbonyl (C=O) groups excluding carboxylic acids is 1. The molecule has 0 aliphatic rings. The van der Waals surface area contributed by atoms with Gasteiger partial charge in [-0.25, -0.2) is 9.97 Å². The van der Waals surface area contributed by atoms with Crippen molar-refractivity contribution in [3.8, 4) is 11.5 Å². The zero-order chi connectivity index (χ0) is 20.1. The van der Waals surface area contributed by atoms with E-state index >= 15 is 0 Å². The number of amides is 1. The minimum atomic E-state index is -0.343. The zero-order valence-corrected chi connectivity index (χ0v) is 16.2. The molecule has 0 bridgehead atoms. The fraction of sp³-hybridized carbons (Fsp3) is 0.190. The number of ether oxygens (including phenoxy) is 2. The average molecular weight is 378 g/mol.